The Balaban J connectivity index is 2.29. The summed E-state index contributed by atoms with van der Waals surface area (Å²) in [5, 5.41) is 0. The molecule has 2 rings (SSSR count). The Bertz CT molecular complexity index is 619. The summed E-state index contributed by atoms with van der Waals surface area (Å²) in [6, 6.07) is 6.11. The van der Waals surface area contributed by atoms with Crippen LogP contribution in [0.15, 0.2) is 41.0 Å². The molecule has 0 N–H and O–H groups in total. The van der Waals surface area contributed by atoms with Gasteiger partial charge in [0.05, 0.1) is 0 Å². The molecule has 0 spiro atoms. The summed E-state index contributed by atoms with van der Waals surface area (Å²) in [5.41, 5.74) is 0. The maximum absolute atomic E-state index is 13.5. The summed E-state index contributed by atoms with van der Waals surface area (Å²) in [7, 11) is 0. The van der Waals surface area contributed by atoms with Crippen LogP contribution < -0.4 is 9.47 Å². The number of pyridine rings is 1. The van der Waals surface area contributed by atoms with Gasteiger partial charge in [0.15, 0.2) is 17.3 Å². The fourth-order valence-electron chi connectivity index (χ4n) is 1.32. The largest absolute Gasteiger partial charge is 0.573 e. The van der Waals surface area contributed by atoms with Gasteiger partial charge in [-0.3, -0.25) is 0 Å². The van der Waals surface area contributed by atoms with Crippen molar-refractivity contribution in [3.63, 3.8) is 0 Å². The van der Waals surface area contributed by atoms with Gasteiger partial charge in [0, 0.05) is 10.7 Å². The van der Waals surface area contributed by atoms with E-state index in [9.17, 15) is 17.6 Å². The average molecular weight is 352 g/mol. The van der Waals surface area contributed by atoms with E-state index in [4.69, 9.17) is 4.74 Å². The van der Waals surface area contributed by atoms with E-state index in [1.165, 1.54) is 24.4 Å². The van der Waals surface area contributed by atoms with E-state index in [1.54, 1.807) is 0 Å². The highest BCUT2D eigenvalue weighted by Crippen LogP contribution is 2.35. The minimum atomic E-state index is -4.87. The molecule has 3 nitrogen and oxygen atoms in total. The number of halogens is 5. The smallest absolute Gasteiger partial charge is 0.432 e. The molecule has 0 aliphatic heterocycles. The number of nitrogens with zero attached hydrogens (tertiary/aromatic N) is 1. The van der Waals surface area contributed by atoms with E-state index in [1.807, 2.05) is 0 Å². The number of benzene rings is 1. The molecule has 0 saturated heterocycles. The summed E-state index contributed by atoms with van der Waals surface area (Å²) in [6.45, 7) is 0. The van der Waals surface area contributed by atoms with Crippen molar-refractivity contribution in [3.05, 3.63) is 46.8 Å². The molecule has 0 radical (unpaired) electrons. The molecule has 0 aliphatic rings. The third-order valence-electron chi connectivity index (χ3n) is 2.06. The molecule has 0 aliphatic carbocycles. The standard InChI is InChI=1S/C12H6BrF4NO2/c13-7-5-8(14)11(18-6-7)19-9-3-1-2-4-10(9)20-12(15,16)17/h1-6H. The van der Waals surface area contributed by atoms with Crippen LogP contribution in [-0.2, 0) is 0 Å². The van der Waals surface area contributed by atoms with Crippen LogP contribution in [0.25, 0.3) is 0 Å². The first-order valence-electron chi connectivity index (χ1n) is 5.19. The minimum absolute atomic E-state index is 0.293. The van der Waals surface area contributed by atoms with Gasteiger partial charge in [-0.25, -0.2) is 9.37 Å². The zero-order valence-corrected chi connectivity index (χ0v) is 11.2. The predicted octanol–water partition coefficient (Wildman–Crippen LogP) is 4.67. The molecule has 106 valence electrons. The lowest BCUT2D eigenvalue weighted by molar-refractivity contribution is -0.275. The molecule has 2 aromatic rings. The Labute approximate surface area is 119 Å². The van der Waals surface area contributed by atoms with E-state index in [2.05, 4.69) is 25.7 Å². The second-order valence-electron chi connectivity index (χ2n) is 3.54. The first-order valence-corrected chi connectivity index (χ1v) is 5.98. The zero-order valence-electron chi connectivity index (χ0n) is 9.62. The van der Waals surface area contributed by atoms with Crippen molar-refractivity contribution in [1.82, 2.24) is 4.98 Å². The number of para-hydroxylation sites is 2. The first-order chi connectivity index (χ1) is 9.35. The number of ether oxygens (including phenoxy) is 2. The van der Waals surface area contributed by atoms with Gasteiger partial charge in [-0.05, 0) is 34.1 Å². The summed E-state index contributed by atoms with van der Waals surface area (Å²) in [4.78, 5) is 3.63. The topological polar surface area (TPSA) is 31.4 Å². The van der Waals surface area contributed by atoms with Gasteiger partial charge in [-0.15, -0.1) is 13.2 Å². The summed E-state index contributed by atoms with van der Waals surface area (Å²) >= 11 is 3.00. The fraction of sp³-hybridized carbons (Fsp3) is 0.0833. The van der Waals surface area contributed by atoms with Crippen LogP contribution in [-0.4, -0.2) is 11.3 Å². The van der Waals surface area contributed by atoms with Crippen LogP contribution in [0.3, 0.4) is 0 Å². The highest BCUT2D eigenvalue weighted by Gasteiger charge is 2.32. The van der Waals surface area contributed by atoms with E-state index in [-0.39, 0.29) is 5.75 Å². The number of hydrogen-bond donors (Lipinski definition) is 0. The van der Waals surface area contributed by atoms with Crippen LogP contribution in [0.2, 0.25) is 0 Å². The lowest BCUT2D eigenvalue weighted by Gasteiger charge is -2.13. The predicted molar refractivity (Wildman–Crippen MR) is 65.1 cm³/mol. The summed E-state index contributed by atoms with van der Waals surface area (Å²) in [6.07, 6.45) is -3.61. The molecule has 1 aromatic carbocycles. The Morgan fingerprint density at radius 2 is 1.75 bits per heavy atom. The maximum atomic E-state index is 13.5. The molecular weight excluding hydrogens is 346 g/mol. The van der Waals surface area contributed by atoms with Gasteiger partial charge in [0.1, 0.15) is 0 Å². The molecule has 0 atom stereocenters. The normalized spacial score (nSPS) is 11.2. The van der Waals surface area contributed by atoms with Crippen LogP contribution in [0.4, 0.5) is 17.6 Å². The van der Waals surface area contributed by atoms with Gasteiger partial charge in [-0.2, -0.15) is 0 Å². The summed E-state index contributed by atoms with van der Waals surface area (Å²) in [5.74, 6) is -2.14. The molecule has 0 unspecified atom stereocenters. The van der Waals surface area contributed by atoms with E-state index >= 15 is 0 Å². The van der Waals surface area contributed by atoms with E-state index in [0.29, 0.717) is 4.47 Å². The maximum Gasteiger partial charge on any atom is 0.573 e. The Hall–Kier alpha value is -1.83. The van der Waals surface area contributed by atoms with Gasteiger partial charge >= 0.3 is 6.36 Å². The zero-order chi connectivity index (χ0) is 14.8. The molecular formula is C12H6BrF4NO2. The highest BCUT2D eigenvalue weighted by molar-refractivity contribution is 9.10. The molecule has 0 fully saturated rings. The molecule has 1 heterocycles. The van der Waals surface area contributed by atoms with Crippen molar-refractivity contribution < 1.29 is 27.0 Å². The molecule has 20 heavy (non-hydrogen) atoms. The van der Waals surface area contributed by atoms with Crippen LogP contribution in [0, 0.1) is 5.82 Å². The average Bonchev–Trinajstić information content (AvgIpc) is 2.33. The third-order valence-corrected chi connectivity index (χ3v) is 2.49. The van der Waals surface area contributed by atoms with Gasteiger partial charge in [-0.1, -0.05) is 12.1 Å². The van der Waals surface area contributed by atoms with Crippen molar-refractivity contribution in [3.8, 4) is 17.4 Å². The molecule has 0 bridgehead atoms. The quantitative estimate of drug-likeness (QED) is 0.752. The Morgan fingerprint density at radius 3 is 2.35 bits per heavy atom. The van der Waals surface area contributed by atoms with Crippen LogP contribution >= 0.6 is 15.9 Å². The van der Waals surface area contributed by atoms with Gasteiger partial charge in [0.25, 0.3) is 5.88 Å². The SMILES string of the molecule is Fc1cc(Br)cnc1Oc1ccccc1OC(F)(F)F. The lowest BCUT2D eigenvalue weighted by atomic mass is 10.3. The van der Waals surface area contributed by atoms with E-state index in [0.717, 1.165) is 12.1 Å². The van der Waals surface area contributed by atoms with Gasteiger partial charge in [0.2, 0.25) is 0 Å². The number of alkyl halides is 3. The monoisotopic (exact) mass is 351 g/mol. The number of aromatic nitrogens is 1. The van der Waals surface area contributed by atoms with E-state index < -0.39 is 23.8 Å². The number of rotatable bonds is 3. The molecule has 8 heteroatoms. The van der Waals surface area contributed by atoms with Gasteiger partial charge < -0.3 is 9.47 Å². The third kappa shape index (κ3) is 3.83. The van der Waals surface area contributed by atoms with Crippen LogP contribution in [0.5, 0.6) is 17.4 Å². The second kappa shape index (κ2) is 5.66. The molecule has 1 aromatic heterocycles. The summed E-state index contributed by atoms with van der Waals surface area (Å²) < 4.78 is 59.4. The highest BCUT2D eigenvalue weighted by atomic mass is 79.9. The minimum Gasteiger partial charge on any atom is -0.432 e. The fourth-order valence-corrected chi connectivity index (χ4v) is 1.63. The molecule has 0 saturated carbocycles. The van der Waals surface area contributed by atoms with Crippen molar-refractivity contribution in [1.29, 1.82) is 0 Å². The van der Waals surface area contributed by atoms with Crippen molar-refractivity contribution in [2.24, 2.45) is 0 Å². The van der Waals surface area contributed by atoms with Crippen LogP contribution in [0.1, 0.15) is 0 Å². The first kappa shape index (κ1) is 14.6. The van der Waals surface area contributed by atoms with Crippen molar-refractivity contribution in [2.45, 2.75) is 6.36 Å². The van der Waals surface area contributed by atoms with Crippen molar-refractivity contribution in [2.75, 3.05) is 0 Å². The second-order valence-corrected chi connectivity index (χ2v) is 4.45. The Kier molecular flexibility index (Phi) is 4.12. The Morgan fingerprint density at radius 1 is 1.10 bits per heavy atom. The number of hydrogen-bond acceptors (Lipinski definition) is 3. The lowest BCUT2D eigenvalue weighted by Crippen LogP contribution is -2.17. The van der Waals surface area contributed by atoms with Crippen molar-refractivity contribution >= 4 is 15.9 Å². The molecule has 0 amide bonds.